The third-order valence-electron chi connectivity index (χ3n) is 19.5. The number of aliphatic hydroxyl groups is 2. The molecule has 0 rings (SSSR count). The number of hydrogen-bond donors (Lipinski definition) is 4. The van der Waals surface area contributed by atoms with E-state index in [2.05, 4.69) is 167 Å². The highest BCUT2D eigenvalue weighted by atomic mass is 31.2. The minimum atomic E-state index is -4.94. The van der Waals surface area contributed by atoms with E-state index < -0.39 is 91.5 Å². The van der Waals surface area contributed by atoms with Crippen LogP contribution >= 0.6 is 15.6 Å². The molecule has 662 valence electrons. The average molecular weight is 1650 g/mol. The molecule has 18 heteroatoms. The van der Waals surface area contributed by atoms with E-state index in [0.29, 0.717) is 19.3 Å². The normalized spacial score (nSPS) is 14.5. The van der Waals surface area contributed by atoms with Crippen LogP contribution in [0.5, 0.6) is 0 Å². The van der Waals surface area contributed by atoms with Gasteiger partial charge in [0.25, 0.3) is 0 Å². The Morgan fingerprint density at radius 3 is 0.739 bits per heavy atom. The Morgan fingerprint density at radius 1 is 0.252 bits per heavy atom. The van der Waals surface area contributed by atoms with Crippen LogP contribution in [0.1, 0.15) is 393 Å². The van der Waals surface area contributed by atoms with Crippen molar-refractivity contribution in [2.75, 3.05) is 39.6 Å². The summed E-state index contributed by atoms with van der Waals surface area (Å²) in [6, 6.07) is 0. The van der Waals surface area contributed by atoms with Crippen LogP contribution in [0.2, 0.25) is 0 Å². The summed E-state index contributed by atoms with van der Waals surface area (Å²) in [6.07, 6.45) is 112. The fraction of sp³-hybridized carbons (Fsp3) is 0.722. The number of phosphoric acid groups is 2. The minimum Gasteiger partial charge on any atom is -0.463 e. The maximum atomic E-state index is 13.0. The zero-order valence-electron chi connectivity index (χ0n) is 72.9. The van der Waals surface area contributed by atoms with Gasteiger partial charge < -0.3 is 34.2 Å². The third-order valence-corrected chi connectivity index (χ3v) is 21.4. The fourth-order valence-electron chi connectivity index (χ4n) is 12.6. The van der Waals surface area contributed by atoms with Crippen molar-refractivity contribution in [1.82, 2.24) is 0 Å². The summed E-state index contributed by atoms with van der Waals surface area (Å²) >= 11 is 0. The number of carbonyl (C=O) groups excluding carboxylic acids is 3. The Kier molecular flexibility index (Phi) is 85.2. The first-order valence-electron chi connectivity index (χ1n) is 46.1. The molecule has 0 amide bonds. The molecule has 0 aliphatic rings. The van der Waals surface area contributed by atoms with Gasteiger partial charge in [0, 0.05) is 19.3 Å². The fourth-order valence-corrected chi connectivity index (χ4v) is 14.2. The average Bonchev–Trinajstić information content (AvgIpc) is 0.905. The summed E-state index contributed by atoms with van der Waals surface area (Å²) in [5.41, 5.74) is 0. The lowest BCUT2D eigenvalue weighted by Crippen LogP contribution is -2.30. The maximum absolute atomic E-state index is 13.0. The molecular weight excluding hydrogens is 1480 g/mol. The number of esters is 3. The molecule has 0 aliphatic carbocycles. The van der Waals surface area contributed by atoms with E-state index in [1.807, 2.05) is 0 Å². The molecule has 0 bridgehead atoms. The molecule has 5 unspecified atom stereocenters. The number of ether oxygens (including phenoxy) is 3. The number of aliphatic hydroxyl groups excluding tert-OH is 2. The second-order valence-corrected chi connectivity index (χ2v) is 33.6. The quantitative estimate of drug-likeness (QED) is 0.0146. The predicted molar refractivity (Wildman–Crippen MR) is 482 cm³/mol. The third kappa shape index (κ3) is 90.0. The summed E-state index contributed by atoms with van der Waals surface area (Å²) in [5.74, 6) is -1.57. The van der Waals surface area contributed by atoms with E-state index in [1.165, 1.54) is 186 Å². The Balaban J connectivity index is 4.38. The molecule has 0 aliphatic heterocycles. The number of hydrogen-bond acceptors (Lipinski definition) is 14. The van der Waals surface area contributed by atoms with E-state index in [1.54, 1.807) is 0 Å². The number of unbranched alkanes of at least 4 members (excludes halogenated alkanes) is 40. The van der Waals surface area contributed by atoms with Crippen LogP contribution in [0.4, 0.5) is 0 Å². The second kappa shape index (κ2) is 88.7. The molecule has 16 nitrogen and oxygen atoms in total. The van der Waals surface area contributed by atoms with Gasteiger partial charge in [-0.2, -0.15) is 0 Å². The van der Waals surface area contributed by atoms with Gasteiger partial charge in [0.1, 0.15) is 25.4 Å². The SMILES string of the molecule is CC/C=C\C/C=C\C/C=C\C/C=C\C/C=C\C/C=C\CCCCCCCCCCCCCCCCCCC(=O)OCC(O)COP(=O)(O)OCC(O)COP(=O)(O)OCC(COC(=O)CCCCCCCCCCCCCCCCC/C=C\C/C=C\C/C=C\C/C=C\C/C=C\CC)OC(=O)CCCCCCC/C=C\CCCCCC. The molecule has 0 saturated heterocycles. The highest BCUT2D eigenvalue weighted by Gasteiger charge is 2.29. The van der Waals surface area contributed by atoms with Crippen LogP contribution in [-0.4, -0.2) is 95.9 Å². The molecule has 115 heavy (non-hydrogen) atoms. The summed E-state index contributed by atoms with van der Waals surface area (Å²) in [7, 11) is -9.80. The van der Waals surface area contributed by atoms with Gasteiger partial charge in [-0.3, -0.25) is 32.5 Å². The lowest BCUT2D eigenvalue weighted by atomic mass is 10.0. The molecule has 0 aromatic rings. The molecule has 0 aromatic carbocycles. The number of phosphoric ester groups is 2. The van der Waals surface area contributed by atoms with Gasteiger partial charge in [0.05, 0.1) is 26.4 Å². The Hall–Kier alpha value is -4.57. The van der Waals surface area contributed by atoms with Crippen LogP contribution in [0, 0.1) is 0 Å². The zero-order chi connectivity index (χ0) is 83.6. The second-order valence-electron chi connectivity index (χ2n) is 30.7. The van der Waals surface area contributed by atoms with Crippen LogP contribution in [0.15, 0.2) is 146 Å². The van der Waals surface area contributed by atoms with Crippen LogP contribution in [0.25, 0.3) is 0 Å². The largest absolute Gasteiger partial charge is 0.472 e. The predicted octanol–water partition coefficient (Wildman–Crippen LogP) is 28.3. The Labute approximate surface area is 702 Å². The molecule has 0 fully saturated rings. The molecule has 0 spiro atoms. The zero-order valence-corrected chi connectivity index (χ0v) is 74.7. The highest BCUT2D eigenvalue weighted by Crippen LogP contribution is 2.45. The van der Waals surface area contributed by atoms with E-state index >= 15 is 0 Å². The molecule has 4 N–H and O–H groups in total. The van der Waals surface area contributed by atoms with Crippen molar-refractivity contribution in [2.45, 2.75) is 411 Å². The summed E-state index contributed by atoms with van der Waals surface area (Å²) < 4.78 is 61.4. The lowest BCUT2D eigenvalue weighted by molar-refractivity contribution is -0.161. The summed E-state index contributed by atoms with van der Waals surface area (Å²) in [5, 5.41) is 20.7. The van der Waals surface area contributed by atoms with Crippen molar-refractivity contribution in [1.29, 1.82) is 0 Å². The van der Waals surface area contributed by atoms with Crippen molar-refractivity contribution >= 4 is 33.6 Å². The monoisotopic (exact) mass is 1650 g/mol. The van der Waals surface area contributed by atoms with Crippen LogP contribution in [-0.2, 0) is 55.8 Å². The van der Waals surface area contributed by atoms with Crippen molar-refractivity contribution in [3.63, 3.8) is 0 Å². The van der Waals surface area contributed by atoms with E-state index in [4.69, 9.17) is 32.3 Å². The van der Waals surface area contributed by atoms with Crippen molar-refractivity contribution < 1.29 is 75.8 Å². The molecule has 0 aromatic heterocycles. The smallest absolute Gasteiger partial charge is 0.463 e. The molecule has 0 radical (unpaired) electrons. The Bertz CT molecular complexity index is 2670. The lowest BCUT2D eigenvalue weighted by Gasteiger charge is -2.21. The maximum Gasteiger partial charge on any atom is 0.472 e. The topological polar surface area (TPSA) is 231 Å². The highest BCUT2D eigenvalue weighted by molar-refractivity contribution is 7.47. The van der Waals surface area contributed by atoms with Gasteiger partial charge in [-0.1, -0.05) is 378 Å². The van der Waals surface area contributed by atoms with Gasteiger partial charge in [-0.25, -0.2) is 9.13 Å². The van der Waals surface area contributed by atoms with Crippen LogP contribution in [0.3, 0.4) is 0 Å². The molecule has 0 heterocycles. The summed E-state index contributed by atoms with van der Waals surface area (Å²) in [4.78, 5) is 58.8. The van der Waals surface area contributed by atoms with Gasteiger partial charge in [-0.15, -0.1) is 0 Å². The van der Waals surface area contributed by atoms with Gasteiger partial charge >= 0.3 is 33.6 Å². The number of carbonyl (C=O) groups is 3. The Morgan fingerprint density at radius 2 is 0.461 bits per heavy atom. The van der Waals surface area contributed by atoms with Crippen molar-refractivity contribution in [3.05, 3.63) is 146 Å². The van der Waals surface area contributed by atoms with E-state index in [9.17, 15) is 43.5 Å². The first-order chi connectivity index (χ1) is 56.2. The number of rotatable bonds is 87. The molecule has 5 atom stereocenters. The minimum absolute atomic E-state index is 0.0948. The van der Waals surface area contributed by atoms with Crippen molar-refractivity contribution in [3.8, 4) is 0 Å². The van der Waals surface area contributed by atoms with Crippen molar-refractivity contribution in [2.24, 2.45) is 0 Å². The molecular formula is C97H168O16P2. The number of allylic oxidation sites excluding steroid dienone is 24. The van der Waals surface area contributed by atoms with Crippen LogP contribution < -0.4 is 0 Å². The molecule has 0 saturated carbocycles. The van der Waals surface area contributed by atoms with Gasteiger partial charge in [0.15, 0.2) is 6.10 Å². The first kappa shape index (κ1) is 110. The van der Waals surface area contributed by atoms with Gasteiger partial charge in [-0.05, 0) is 141 Å². The van der Waals surface area contributed by atoms with E-state index in [0.717, 1.165) is 148 Å². The summed E-state index contributed by atoms with van der Waals surface area (Å²) in [6.45, 7) is 2.48. The first-order valence-corrected chi connectivity index (χ1v) is 49.1. The van der Waals surface area contributed by atoms with Gasteiger partial charge in [0.2, 0.25) is 0 Å². The standard InChI is InChI=1S/C97H168O16P2/c1-4-7-10-13-16-19-22-25-27-29-31-33-35-37-39-41-43-44-45-46-48-50-51-53-55-57-59-61-63-66-68-71-74-77-80-83-95(100)107-86-92(98)87-109-114(103,104)110-88-93(99)89-111-115(105,106)112-91-94(113-97(102)85-82-79-76-73-70-65-24-21-18-15-12-9-6-3)90-108-96(101)84-81-78-75-72-69-67-64-62-60-58-56-54-52-49-47-42-40-38-36-34-32-30-28-26-23-20-17-14-11-8-5-2/h7-8,10-11,16-17,19-21,24-28,31-34,37-40,43-44,92-94,98-99H,4-6,9,12-15,18,22-23,29-30,35-36,41-42,45-91H2,1-3H3,(H,103,104)(H,105,106)/b10-7-,11-8-,19-16-,20-17-,24-21-,27-25-,28-26-,33-31-,34-32-,39-37-,40-38-,44-43-. The van der Waals surface area contributed by atoms with E-state index in [-0.39, 0.29) is 19.3 Å².